The highest BCUT2D eigenvalue weighted by Gasteiger charge is 2.19. The summed E-state index contributed by atoms with van der Waals surface area (Å²) < 4.78 is 18.9. The molecule has 0 bridgehead atoms. The fourth-order valence-corrected chi connectivity index (χ4v) is 1.99. The SMILES string of the molecule is CC(C)(C)OC(=O)Cc1nc(Cl)nc2c(F)cccc12. The maximum atomic E-state index is 13.7. The Balaban J connectivity index is 2.40. The van der Waals surface area contributed by atoms with E-state index in [4.69, 9.17) is 16.3 Å². The Hall–Kier alpha value is -1.75. The van der Waals surface area contributed by atoms with Crippen molar-refractivity contribution in [1.82, 2.24) is 9.97 Å². The number of hydrogen-bond acceptors (Lipinski definition) is 4. The zero-order valence-corrected chi connectivity index (χ0v) is 12.2. The first-order chi connectivity index (χ1) is 9.26. The molecule has 0 aliphatic heterocycles. The summed E-state index contributed by atoms with van der Waals surface area (Å²) in [5.41, 5.74) is -0.130. The average Bonchev–Trinajstić information content (AvgIpc) is 2.28. The van der Waals surface area contributed by atoms with Crippen molar-refractivity contribution in [2.45, 2.75) is 32.8 Å². The van der Waals surface area contributed by atoms with Crippen molar-refractivity contribution in [3.8, 4) is 0 Å². The molecule has 0 saturated carbocycles. The molecule has 0 aliphatic carbocycles. The fraction of sp³-hybridized carbons (Fsp3) is 0.357. The van der Waals surface area contributed by atoms with Gasteiger partial charge in [-0.3, -0.25) is 4.79 Å². The molecule has 6 heteroatoms. The lowest BCUT2D eigenvalue weighted by molar-refractivity contribution is -0.153. The Kier molecular flexibility index (Phi) is 3.90. The van der Waals surface area contributed by atoms with Crippen molar-refractivity contribution in [3.63, 3.8) is 0 Å². The summed E-state index contributed by atoms with van der Waals surface area (Å²) in [6.07, 6.45) is -0.0839. The van der Waals surface area contributed by atoms with E-state index >= 15 is 0 Å². The zero-order valence-electron chi connectivity index (χ0n) is 11.4. The van der Waals surface area contributed by atoms with Crippen molar-refractivity contribution in [3.05, 3.63) is 35.0 Å². The summed E-state index contributed by atoms with van der Waals surface area (Å²) >= 11 is 5.77. The second-order valence-electron chi connectivity index (χ2n) is 5.34. The highest BCUT2D eigenvalue weighted by atomic mass is 35.5. The van der Waals surface area contributed by atoms with Gasteiger partial charge in [0.2, 0.25) is 5.28 Å². The van der Waals surface area contributed by atoms with E-state index in [2.05, 4.69) is 9.97 Å². The van der Waals surface area contributed by atoms with Gasteiger partial charge < -0.3 is 4.74 Å². The lowest BCUT2D eigenvalue weighted by Crippen LogP contribution is -2.25. The quantitative estimate of drug-likeness (QED) is 0.630. The molecule has 20 heavy (non-hydrogen) atoms. The second-order valence-corrected chi connectivity index (χ2v) is 5.68. The summed E-state index contributed by atoms with van der Waals surface area (Å²) in [6, 6.07) is 4.46. The smallest absolute Gasteiger partial charge is 0.312 e. The predicted molar refractivity (Wildman–Crippen MR) is 74.1 cm³/mol. The summed E-state index contributed by atoms with van der Waals surface area (Å²) in [7, 11) is 0. The van der Waals surface area contributed by atoms with Crippen LogP contribution in [-0.2, 0) is 16.0 Å². The molecule has 0 amide bonds. The number of ether oxygens (including phenoxy) is 1. The van der Waals surface area contributed by atoms with Crippen LogP contribution < -0.4 is 0 Å². The van der Waals surface area contributed by atoms with Gasteiger partial charge in [0.25, 0.3) is 0 Å². The van der Waals surface area contributed by atoms with Crippen LogP contribution in [0.5, 0.6) is 0 Å². The molecule has 0 unspecified atom stereocenters. The number of esters is 1. The van der Waals surface area contributed by atoms with Crippen LogP contribution in [0.4, 0.5) is 4.39 Å². The first-order valence-corrected chi connectivity index (χ1v) is 6.46. The zero-order chi connectivity index (χ0) is 14.9. The molecule has 0 aliphatic rings. The summed E-state index contributed by atoms with van der Waals surface area (Å²) in [5, 5.41) is 0.362. The van der Waals surface area contributed by atoms with Crippen molar-refractivity contribution >= 4 is 28.5 Å². The Labute approximate surface area is 120 Å². The molecule has 0 spiro atoms. The highest BCUT2D eigenvalue weighted by molar-refractivity contribution is 6.28. The van der Waals surface area contributed by atoms with E-state index in [0.29, 0.717) is 11.1 Å². The Morgan fingerprint density at radius 3 is 2.70 bits per heavy atom. The molecule has 0 fully saturated rings. The van der Waals surface area contributed by atoms with Crippen LogP contribution in [0.25, 0.3) is 10.9 Å². The molecule has 106 valence electrons. The minimum absolute atomic E-state index is 0.0839. The van der Waals surface area contributed by atoms with Crippen molar-refractivity contribution < 1.29 is 13.9 Å². The van der Waals surface area contributed by atoms with Gasteiger partial charge in [-0.05, 0) is 38.4 Å². The maximum Gasteiger partial charge on any atom is 0.312 e. The number of hydrogen-bond donors (Lipinski definition) is 0. The largest absolute Gasteiger partial charge is 0.460 e. The third-order valence-electron chi connectivity index (χ3n) is 2.46. The molecule has 0 radical (unpaired) electrons. The van der Waals surface area contributed by atoms with Gasteiger partial charge >= 0.3 is 5.97 Å². The average molecular weight is 297 g/mol. The van der Waals surface area contributed by atoms with E-state index in [0.717, 1.165) is 0 Å². The monoisotopic (exact) mass is 296 g/mol. The number of aromatic nitrogens is 2. The van der Waals surface area contributed by atoms with Crippen molar-refractivity contribution in [2.75, 3.05) is 0 Å². The lowest BCUT2D eigenvalue weighted by atomic mass is 10.1. The molecule has 0 N–H and O–H groups in total. The third kappa shape index (κ3) is 3.42. The first-order valence-electron chi connectivity index (χ1n) is 6.09. The van der Waals surface area contributed by atoms with Crippen LogP contribution in [0.15, 0.2) is 18.2 Å². The van der Waals surface area contributed by atoms with Crippen LogP contribution in [0.3, 0.4) is 0 Å². The molecule has 2 rings (SSSR count). The van der Waals surface area contributed by atoms with E-state index in [1.807, 2.05) is 0 Å². The topological polar surface area (TPSA) is 52.1 Å². The highest BCUT2D eigenvalue weighted by Crippen LogP contribution is 2.21. The van der Waals surface area contributed by atoms with Crippen LogP contribution in [-0.4, -0.2) is 21.5 Å². The molecule has 0 saturated heterocycles. The predicted octanol–water partition coefficient (Wildman–Crippen LogP) is 3.31. The van der Waals surface area contributed by atoms with Gasteiger partial charge in [0.05, 0.1) is 12.1 Å². The number of benzene rings is 1. The van der Waals surface area contributed by atoms with E-state index in [1.54, 1.807) is 26.8 Å². The van der Waals surface area contributed by atoms with Gasteiger partial charge in [-0.25, -0.2) is 14.4 Å². The van der Waals surface area contributed by atoms with E-state index in [9.17, 15) is 9.18 Å². The number of carbonyl (C=O) groups excluding carboxylic acids is 1. The lowest BCUT2D eigenvalue weighted by Gasteiger charge is -2.19. The molecular weight excluding hydrogens is 283 g/mol. The van der Waals surface area contributed by atoms with Crippen LogP contribution in [0.1, 0.15) is 26.5 Å². The molecule has 1 aromatic carbocycles. The normalized spacial score (nSPS) is 11.7. The molecule has 2 aromatic rings. The minimum Gasteiger partial charge on any atom is -0.460 e. The van der Waals surface area contributed by atoms with Gasteiger partial charge in [-0.15, -0.1) is 0 Å². The van der Waals surface area contributed by atoms with Gasteiger partial charge in [0.1, 0.15) is 16.9 Å². The second kappa shape index (κ2) is 5.32. The van der Waals surface area contributed by atoms with E-state index in [1.165, 1.54) is 12.1 Å². The van der Waals surface area contributed by atoms with Crippen LogP contribution in [0.2, 0.25) is 5.28 Å². The fourth-order valence-electron chi connectivity index (χ4n) is 1.80. The number of nitrogens with zero attached hydrogens (tertiary/aromatic N) is 2. The van der Waals surface area contributed by atoms with Crippen molar-refractivity contribution in [2.24, 2.45) is 0 Å². The summed E-state index contributed by atoms with van der Waals surface area (Å²) in [4.78, 5) is 19.7. The molecular formula is C14H14ClFN2O2. The number of para-hydroxylation sites is 1. The Bertz CT molecular complexity index is 668. The molecule has 1 aromatic heterocycles. The van der Waals surface area contributed by atoms with E-state index in [-0.39, 0.29) is 17.2 Å². The van der Waals surface area contributed by atoms with Crippen LogP contribution >= 0.6 is 11.6 Å². The molecule has 1 heterocycles. The summed E-state index contributed by atoms with van der Waals surface area (Å²) in [6.45, 7) is 5.32. The minimum atomic E-state index is -0.588. The van der Waals surface area contributed by atoms with Gasteiger partial charge in [-0.1, -0.05) is 12.1 Å². The van der Waals surface area contributed by atoms with E-state index < -0.39 is 17.4 Å². The number of halogens is 2. The van der Waals surface area contributed by atoms with Gasteiger partial charge in [0, 0.05) is 5.39 Å². The standard InChI is InChI=1S/C14H14ClFN2O2/c1-14(2,3)20-11(19)7-10-8-5-4-6-9(16)12(8)18-13(15)17-10/h4-6H,7H2,1-3H3. The number of carbonyl (C=O) groups is 1. The Morgan fingerprint density at radius 2 is 2.05 bits per heavy atom. The van der Waals surface area contributed by atoms with Gasteiger partial charge in [-0.2, -0.15) is 0 Å². The third-order valence-corrected chi connectivity index (χ3v) is 2.63. The van der Waals surface area contributed by atoms with Crippen molar-refractivity contribution in [1.29, 1.82) is 0 Å². The first kappa shape index (κ1) is 14.7. The summed E-state index contributed by atoms with van der Waals surface area (Å²) in [5.74, 6) is -0.949. The number of fused-ring (bicyclic) bond motifs is 1. The van der Waals surface area contributed by atoms with Crippen LogP contribution in [0, 0.1) is 5.82 Å². The molecule has 0 atom stereocenters. The Morgan fingerprint density at radius 1 is 1.35 bits per heavy atom. The number of rotatable bonds is 2. The maximum absolute atomic E-state index is 13.7. The molecule has 4 nitrogen and oxygen atoms in total. The van der Waals surface area contributed by atoms with Gasteiger partial charge in [0.15, 0.2) is 0 Å².